The van der Waals surface area contributed by atoms with Gasteiger partial charge in [0, 0.05) is 21.9 Å². The van der Waals surface area contributed by atoms with Crippen LogP contribution in [-0.2, 0) is 15.0 Å². The van der Waals surface area contributed by atoms with Crippen molar-refractivity contribution < 1.29 is 9.59 Å². The van der Waals surface area contributed by atoms with Crippen molar-refractivity contribution in [1.29, 1.82) is 0 Å². The van der Waals surface area contributed by atoms with E-state index in [9.17, 15) is 9.59 Å². The van der Waals surface area contributed by atoms with E-state index >= 15 is 0 Å². The van der Waals surface area contributed by atoms with Crippen molar-refractivity contribution in [3.63, 3.8) is 0 Å². The molecule has 5 nitrogen and oxygen atoms in total. The number of carbonyl (C=O) groups excluding carboxylic acids is 2. The number of primary amides is 1. The third kappa shape index (κ3) is 1.35. The molecular formula is C12H8BrN3O2. The number of amides is 2. The molecule has 0 bridgehead atoms. The Kier molecular flexibility index (Phi) is 2.18. The fourth-order valence-electron chi connectivity index (χ4n) is 2.18. The monoisotopic (exact) mass is 305 g/mol. The molecule has 0 fully saturated rings. The molecule has 1 spiro atoms. The average Bonchev–Trinajstić information content (AvgIpc) is 2.86. The lowest BCUT2D eigenvalue weighted by molar-refractivity contribution is -0.117. The fraction of sp³-hybridized carbons (Fsp3) is 0.0833. The lowest BCUT2D eigenvalue weighted by Gasteiger charge is -2.14. The summed E-state index contributed by atoms with van der Waals surface area (Å²) < 4.78 is 0.853. The first-order valence-electron chi connectivity index (χ1n) is 5.22. The van der Waals surface area contributed by atoms with Crippen LogP contribution in [0.3, 0.4) is 0 Å². The Labute approximate surface area is 111 Å². The summed E-state index contributed by atoms with van der Waals surface area (Å²) in [6.07, 6.45) is 2.96. The van der Waals surface area contributed by atoms with Crippen LogP contribution in [0.4, 0.5) is 5.69 Å². The van der Waals surface area contributed by atoms with Crippen molar-refractivity contribution in [2.24, 2.45) is 10.7 Å². The Morgan fingerprint density at radius 2 is 2.22 bits per heavy atom. The molecule has 1 atom stereocenters. The molecule has 2 aliphatic heterocycles. The smallest absolute Gasteiger partial charge is 0.267 e. The van der Waals surface area contributed by atoms with E-state index < -0.39 is 11.3 Å². The maximum absolute atomic E-state index is 12.1. The lowest BCUT2D eigenvalue weighted by Crippen LogP contribution is -2.32. The first-order valence-corrected chi connectivity index (χ1v) is 6.01. The predicted octanol–water partition coefficient (Wildman–Crippen LogP) is 1.09. The number of anilines is 1. The van der Waals surface area contributed by atoms with Gasteiger partial charge in [-0.15, -0.1) is 0 Å². The van der Waals surface area contributed by atoms with E-state index in [1.807, 2.05) is 12.1 Å². The molecule has 2 aliphatic rings. The van der Waals surface area contributed by atoms with Gasteiger partial charge in [0.1, 0.15) is 11.1 Å². The number of rotatable bonds is 1. The van der Waals surface area contributed by atoms with Crippen LogP contribution in [0, 0.1) is 0 Å². The Hall–Kier alpha value is -1.95. The second-order valence-corrected chi connectivity index (χ2v) is 5.08. The molecule has 0 aromatic heterocycles. The third-order valence-corrected chi connectivity index (χ3v) is 3.57. The minimum Gasteiger partial charge on any atom is -0.364 e. The number of hydrogen-bond acceptors (Lipinski definition) is 3. The summed E-state index contributed by atoms with van der Waals surface area (Å²) in [4.78, 5) is 27.2. The van der Waals surface area contributed by atoms with Crippen molar-refractivity contribution >= 4 is 39.6 Å². The predicted molar refractivity (Wildman–Crippen MR) is 70.2 cm³/mol. The summed E-state index contributed by atoms with van der Waals surface area (Å²) in [6, 6.07) is 5.47. The minimum absolute atomic E-state index is 0.109. The zero-order valence-corrected chi connectivity index (χ0v) is 10.7. The van der Waals surface area contributed by atoms with E-state index in [1.54, 1.807) is 6.07 Å². The number of nitrogens with two attached hydrogens (primary N) is 1. The first kappa shape index (κ1) is 11.2. The van der Waals surface area contributed by atoms with Crippen LogP contribution in [0.1, 0.15) is 5.56 Å². The molecule has 1 aromatic rings. The maximum Gasteiger partial charge on any atom is 0.267 e. The molecule has 1 aromatic carbocycles. The van der Waals surface area contributed by atoms with Crippen molar-refractivity contribution in [1.82, 2.24) is 0 Å². The summed E-state index contributed by atoms with van der Waals surface area (Å²) >= 11 is 3.36. The molecule has 2 heterocycles. The number of halogens is 1. The van der Waals surface area contributed by atoms with Gasteiger partial charge in [-0.25, -0.2) is 0 Å². The number of fused-ring (bicyclic) bond motifs is 2. The summed E-state index contributed by atoms with van der Waals surface area (Å²) in [6.45, 7) is 0. The molecule has 6 heteroatoms. The summed E-state index contributed by atoms with van der Waals surface area (Å²) in [7, 11) is 0. The number of nitrogens with zero attached hydrogens (tertiary/aromatic N) is 1. The number of hydrogen-bond donors (Lipinski definition) is 2. The average molecular weight is 306 g/mol. The van der Waals surface area contributed by atoms with Crippen molar-refractivity contribution in [3.05, 3.63) is 40.0 Å². The van der Waals surface area contributed by atoms with Gasteiger partial charge in [0.25, 0.3) is 5.91 Å². The van der Waals surface area contributed by atoms with Gasteiger partial charge in [-0.2, -0.15) is 0 Å². The van der Waals surface area contributed by atoms with Gasteiger partial charge in [0.2, 0.25) is 5.91 Å². The topological polar surface area (TPSA) is 84.6 Å². The van der Waals surface area contributed by atoms with Crippen LogP contribution in [-0.4, -0.2) is 18.0 Å². The van der Waals surface area contributed by atoms with Gasteiger partial charge < -0.3 is 11.1 Å². The SMILES string of the molecule is NC(=O)C1=C[C@@]2(C=N1)C(=O)Nc1ccc(Br)cc12. The third-order valence-electron chi connectivity index (χ3n) is 3.08. The van der Waals surface area contributed by atoms with Crippen LogP contribution in [0.25, 0.3) is 0 Å². The number of benzene rings is 1. The Balaban J connectivity index is 2.22. The van der Waals surface area contributed by atoms with Gasteiger partial charge in [-0.1, -0.05) is 15.9 Å². The minimum atomic E-state index is -1.01. The van der Waals surface area contributed by atoms with Crippen molar-refractivity contribution in [2.75, 3.05) is 5.32 Å². The van der Waals surface area contributed by atoms with Gasteiger partial charge in [0.15, 0.2) is 0 Å². The normalized spacial score (nSPS) is 24.1. The van der Waals surface area contributed by atoms with Crippen molar-refractivity contribution in [2.45, 2.75) is 5.41 Å². The Morgan fingerprint density at radius 3 is 2.89 bits per heavy atom. The highest BCUT2D eigenvalue weighted by molar-refractivity contribution is 9.10. The Morgan fingerprint density at radius 1 is 1.44 bits per heavy atom. The van der Waals surface area contributed by atoms with Crippen molar-refractivity contribution in [3.8, 4) is 0 Å². The molecule has 18 heavy (non-hydrogen) atoms. The fourth-order valence-corrected chi connectivity index (χ4v) is 2.54. The zero-order valence-electron chi connectivity index (χ0n) is 9.11. The summed E-state index contributed by atoms with van der Waals surface area (Å²) in [5.41, 5.74) is 5.77. The zero-order chi connectivity index (χ0) is 12.9. The van der Waals surface area contributed by atoms with E-state index in [-0.39, 0.29) is 11.6 Å². The van der Waals surface area contributed by atoms with E-state index in [1.165, 1.54) is 12.3 Å². The lowest BCUT2D eigenvalue weighted by atomic mass is 9.83. The number of carbonyl (C=O) groups is 2. The summed E-state index contributed by atoms with van der Waals surface area (Å²) in [5.74, 6) is -0.866. The molecular weight excluding hydrogens is 298 g/mol. The molecule has 0 saturated carbocycles. The molecule has 0 aliphatic carbocycles. The highest BCUT2D eigenvalue weighted by Gasteiger charge is 2.47. The number of nitrogens with one attached hydrogen (secondary N) is 1. The van der Waals surface area contributed by atoms with E-state index in [4.69, 9.17) is 5.73 Å². The van der Waals surface area contributed by atoms with Crippen LogP contribution in [0.5, 0.6) is 0 Å². The molecule has 2 amide bonds. The molecule has 0 saturated heterocycles. The van der Waals surface area contributed by atoms with E-state index in [0.29, 0.717) is 0 Å². The van der Waals surface area contributed by atoms with Gasteiger partial charge in [-0.05, 0) is 24.3 Å². The largest absolute Gasteiger partial charge is 0.364 e. The van der Waals surface area contributed by atoms with Crippen LogP contribution in [0.15, 0.2) is 39.4 Å². The molecule has 0 radical (unpaired) electrons. The van der Waals surface area contributed by atoms with Crippen LogP contribution < -0.4 is 11.1 Å². The van der Waals surface area contributed by atoms with Crippen LogP contribution in [0.2, 0.25) is 0 Å². The van der Waals surface area contributed by atoms with Gasteiger partial charge in [0.05, 0.1) is 0 Å². The molecule has 90 valence electrons. The highest BCUT2D eigenvalue weighted by atomic mass is 79.9. The second-order valence-electron chi connectivity index (χ2n) is 4.17. The van der Waals surface area contributed by atoms with Gasteiger partial charge >= 0.3 is 0 Å². The molecule has 3 rings (SSSR count). The van der Waals surface area contributed by atoms with Crippen LogP contribution >= 0.6 is 15.9 Å². The number of aliphatic imine (C=N–C) groups is 1. The standard InChI is InChI=1S/C12H8BrN3O2/c13-6-1-2-8-7(3-6)12(11(18)16-8)4-9(10(14)17)15-5-12/h1-5H,(H2,14,17)(H,16,18)/t12-/m0/s1. The molecule has 0 unspecified atom stereocenters. The second kappa shape index (κ2) is 3.52. The Bertz CT molecular complexity index is 651. The maximum atomic E-state index is 12.1. The highest BCUT2D eigenvalue weighted by Crippen LogP contribution is 2.42. The molecule has 3 N–H and O–H groups in total. The van der Waals surface area contributed by atoms with E-state index in [2.05, 4.69) is 26.2 Å². The first-order chi connectivity index (χ1) is 8.53. The quantitative estimate of drug-likeness (QED) is 0.814. The van der Waals surface area contributed by atoms with E-state index in [0.717, 1.165) is 15.7 Å². The van der Waals surface area contributed by atoms with Gasteiger partial charge in [-0.3, -0.25) is 14.6 Å². The summed E-state index contributed by atoms with van der Waals surface area (Å²) in [5, 5.41) is 2.77.